The van der Waals surface area contributed by atoms with E-state index >= 15 is 0 Å². The second-order valence-corrected chi connectivity index (χ2v) is 7.06. The minimum absolute atomic E-state index is 0.0813. The summed E-state index contributed by atoms with van der Waals surface area (Å²) >= 11 is 0. The zero-order valence-corrected chi connectivity index (χ0v) is 14.3. The number of aromatic nitrogens is 2. The molecule has 2 aliphatic rings. The smallest absolute Gasteiger partial charge is 0.246 e. The summed E-state index contributed by atoms with van der Waals surface area (Å²) in [6, 6.07) is 9.91. The Morgan fingerprint density at radius 2 is 2.08 bits per heavy atom. The van der Waals surface area contributed by atoms with Crippen molar-refractivity contribution in [2.24, 2.45) is 5.92 Å². The van der Waals surface area contributed by atoms with Crippen LogP contribution in [0, 0.1) is 5.92 Å². The van der Waals surface area contributed by atoms with Crippen LogP contribution < -0.4 is 0 Å². The molecular formula is C20H23N3O2. The highest BCUT2D eigenvalue weighted by Gasteiger charge is 2.30. The molecule has 2 heterocycles. The molecule has 1 aromatic heterocycles. The standard InChI is InChI=1S/C20H23N3O2/c24-19(11-8-15-5-2-1-3-6-15)23-12-4-7-16(14-23)13-18-21-20(22-25-18)17-9-10-17/h1-3,5-6,8,11,16-17H,4,7,9-10,12-14H2/b11-8-/t16-/m0/s1. The molecule has 4 rings (SSSR count). The second kappa shape index (κ2) is 7.21. The first-order valence-corrected chi connectivity index (χ1v) is 9.12. The normalized spacial score (nSPS) is 21.0. The molecule has 0 spiro atoms. The van der Waals surface area contributed by atoms with Crippen molar-refractivity contribution in [2.45, 2.75) is 38.0 Å². The molecule has 2 fully saturated rings. The van der Waals surface area contributed by atoms with E-state index in [1.807, 2.05) is 41.3 Å². The fourth-order valence-corrected chi connectivity index (χ4v) is 3.37. The summed E-state index contributed by atoms with van der Waals surface area (Å²) < 4.78 is 5.39. The van der Waals surface area contributed by atoms with E-state index in [9.17, 15) is 4.79 Å². The molecule has 5 nitrogen and oxygen atoms in total. The molecule has 0 radical (unpaired) electrons. The van der Waals surface area contributed by atoms with Crippen LogP contribution in [0.5, 0.6) is 0 Å². The third-order valence-electron chi connectivity index (χ3n) is 4.94. The Hall–Kier alpha value is -2.43. The molecule has 0 unspecified atom stereocenters. The van der Waals surface area contributed by atoms with Crippen LogP contribution in [0.1, 0.15) is 48.9 Å². The SMILES string of the molecule is O=C(/C=C\c1ccccc1)N1CCC[C@@H](Cc2nc(C3CC3)no2)C1. The van der Waals surface area contributed by atoms with Crippen molar-refractivity contribution in [2.75, 3.05) is 13.1 Å². The molecule has 25 heavy (non-hydrogen) atoms. The highest BCUT2D eigenvalue weighted by Crippen LogP contribution is 2.38. The maximum Gasteiger partial charge on any atom is 0.246 e. The Bertz CT molecular complexity index is 749. The molecule has 1 atom stereocenters. The van der Waals surface area contributed by atoms with E-state index in [0.29, 0.717) is 11.8 Å². The summed E-state index contributed by atoms with van der Waals surface area (Å²) in [6.07, 6.45) is 8.82. The molecule has 5 heteroatoms. The number of hydrogen-bond donors (Lipinski definition) is 0. The molecule has 1 amide bonds. The molecule has 0 N–H and O–H groups in total. The first-order valence-electron chi connectivity index (χ1n) is 9.12. The van der Waals surface area contributed by atoms with Gasteiger partial charge in [-0.1, -0.05) is 35.5 Å². The van der Waals surface area contributed by atoms with Gasteiger partial charge in [-0.15, -0.1) is 0 Å². The quantitative estimate of drug-likeness (QED) is 0.784. The van der Waals surface area contributed by atoms with Crippen molar-refractivity contribution in [1.82, 2.24) is 15.0 Å². The van der Waals surface area contributed by atoms with Crippen molar-refractivity contribution in [3.63, 3.8) is 0 Å². The van der Waals surface area contributed by atoms with Gasteiger partial charge in [0.15, 0.2) is 5.82 Å². The molecule has 1 aromatic carbocycles. The first kappa shape index (κ1) is 16.1. The third kappa shape index (κ3) is 4.16. The lowest BCUT2D eigenvalue weighted by Crippen LogP contribution is -2.39. The van der Waals surface area contributed by atoms with Gasteiger partial charge in [-0.3, -0.25) is 4.79 Å². The molecule has 0 bridgehead atoms. The molecule has 1 saturated heterocycles. The Morgan fingerprint density at radius 3 is 2.88 bits per heavy atom. The van der Waals surface area contributed by atoms with Crippen molar-refractivity contribution < 1.29 is 9.32 Å². The maximum atomic E-state index is 12.5. The van der Waals surface area contributed by atoms with E-state index in [-0.39, 0.29) is 5.91 Å². The number of carbonyl (C=O) groups excluding carboxylic acids is 1. The van der Waals surface area contributed by atoms with Gasteiger partial charge in [0.05, 0.1) is 0 Å². The topological polar surface area (TPSA) is 59.2 Å². The van der Waals surface area contributed by atoms with Gasteiger partial charge in [0.1, 0.15) is 0 Å². The van der Waals surface area contributed by atoms with Gasteiger partial charge in [0, 0.05) is 31.5 Å². The lowest BCUT2D eigenvalue weighted by Gasteiger charge is -2.31. The number of nitrogens with zero attached hydrogens (tertiary/aromatic N) is 3. The van der Waals surface area contributed by atoms with Crippen LogP contribution in [0.3, 0.4) is 0 Å². The van der Waals surface area contributed by atoms with Gasteiger partial charge >= 0.3 is 0 Å². The number of rotatable bonds is 5. The predicted octanol–water partition coefficient (Wildman–Crippen LogP) is 3.44. The number of benzene rings is 1. The summed E-state index contributed by atoms with van der Waals surface area (Å²) in [7, 11) is 0. The van der Waals surface area contributed by atoms with Gasteiger partial charge in [-0.2, -0.15) is 4.98 Å². The zero-order valence-electron chi connectivity index (χ0n) is 14.3. The molecule has 2 aromatic rings. The first-order chi connectivity index (χ1) is 12.3. The average Bonchev–Trinajstić information content (AvgIpc) is 3.40. The largest absolute Gasteiger partial charge is 0.339 e. The van der Waals surface area contributed by atoms with Crippen molar-refractivity contribution in [1.29, 1.82) is 0 Å². The fourth-order valence-electron chi connectivity index (χ4n) is 3.37. The minimum Gasteiger partial charge on any atom is -0.339 e. The van der Waals surface area contributed by atoms with E-state index in [4.69, 9.17) is 4.52 Å². The van der Waals surface area contributed by atoms with Crippen LogP contribution in [0.25, 0.3) is 6.08 Å². The molecular weight excluding hydrogens is 314 g/mol. The zero-order chi connectivity index (χ0) is 17.1. The molecule has 1 aliphatic heterocycles. The van der Waals surface area contributed by atoms with Crippen LogP contribution in [0.2, 0.25) is 0 Å². The summed E-state index contributed by atoms with van der Waals surface area (Å²) in [5, 5.41) is 4.08. The Morgan fingerprint density at radius 1 is 1.24 bits per heavy atom. The van der Waals surface area contributed by atoms with E-state index in [1.165, 1.54) is 12.8 Å². The predicted molar refractivity (Wildman–Crippen MR) is 94.8 cm³/mol. The lowest BCUT2D eigenvalue weighted by atomic mass is 9.94. The van der Waals surface area contributed by atoms with Crippen molar-refractivity contribution >= 4 is 12.0 Å². The van der Waals surface area contributed by atoms with Gasteiger partial charge in [-0.25, -0.2) is 0 Å². The second-order valence-electron chi connectivity index (χ2n) is 7.06. The summed E-state index contributed by atoms with van der Waals surface area (Å²) in [6.45, 7) is 1.59. The monoisotopic (exact) mass is 337 g/mol. The van der Waals surface area contributed by atoms with Gasteiger partial charge in [0.25, 0.3) is 0 Å². The van der Waals surface area contributed by atoms with Gasteiger partial charge in [-0.05, 0) is 43.2 Å². The third-order valence-corrected chi connectivity index (χ3v) is 4.94. The van der Waals surface area contributed by atoms with Crippen LogP contribution in [-0.2, 0) is 11.2 Å². The van der Waals surface area contributed by atoms with Crippen LogP contribution >= 0.6 is 0 Å². The van der Waals surface area contributed by atoms with E-state index < -0.39 is 0 Å². The number of carbonyl (C=O) groups is 1. The van der Waals surface area contributed by atoms with Crippen LogP contribution in [0.15, 0.2) is 40.9 Å². The number of piperidine rings is 1. The highest BCUT2D eigenvalue weighted by molar-refractivity contribution is 5.91. The van der Waals surface area contributed by atoms with E-state index in [2.05, 4.69) is 10.1 Å². The fraction of sp³-hybridized carbons (Fsp3) is 0.450. The highest BCUT2D eigenvalue weighted by atomic mass is 16.5. The molecule has 1 aliphatic carbocycles. The maximum absolute atomic E-state index is 12.5. The van der Waals surface area contributed by atoms with Gasteiger partial charge < -0.3 is 9.42 Å². The number of hydrogen-bond acceptors (Lipinski definition) is 4. The average molecular weight is 337 g/mol. The molecule has 130 valence electrons. The Labute approximate surface area is 147 Å². The summed E-state index contributed by atoms with van der Waals surface area (Å²) in [5.41, 5.74) is 1.04. The number of amides is 1. The number of likely N-dealkylation sites (tertiary alicyclic amines) is 1. The summed E-state index contributed by atoms with van der Waals surface area (Å²) in [5.74, 6) is 2.59. The van der Waals surface area contributed by atoms with Crippen molar-refractivity contribution in [3.05, 3.63) is 53.7 Å². The van der Waals surface area contributed by atoms with Gasteiger partial charge in [0.2, 0.25) is 11.8 Å². The van der Waals surface area contributed by atoms with E-state index in [1.54, 1.807) is 6.08 Å². The lowest BCUT2D eigenvalue weighted by molar-refractivity contribution is -0.127. The Kier molecular flexibility index (Phi) is 4.63. The summed E-state index contributed by atoms with van der Waals surface area (Å²) in [4.78, 5) is 18.9. The minimum atomic E-state index is 0.0813. The molecule has 1 saturated carbocycles. The Balaban J connectivity index is 1.33. The van der Waals surface area contributed by atoms with Crippen molar-refractivity contribution in [3.8, 4) is 0 Å². The van der Waals surface area contributed by atoms with E-state index in [0.717, 1.165) is 49.6 Å². The van der Waals surface area contributed by atoms with Crippen LogP contribution in [-0.4, -0.2) is 34.0 Å². The van der Waals surface area contributed by atoms with Crippen LogP contribution in [0.4, 0.5) is 0 Å².